The summed E-state index contributed by atoms with van der Waals surface area (Å²) in [5.74, 6) is -0.0307. The summed E-state index contributed by atoms with van der Waals surface area (Å²) in [4.78, 5) is 0. The third-order valence-electron chi connectivity index (χ3n) is 4.34. The first-order valence-electron chi connectivity index (χ1n) is 7.93. The van der Waals surface area contributed by atoms with E-state index in [0.717, 1.165) is 45.1 Å². The topological polar surface area (TPSA) is 12.0 Å². The minimum Gasteiger partial charge on any atom is -0.313 e. The normalized spacial score (nSPS) is 23.8. The van der Waals surface area contributed by atoms with Crippen LogP contribution in [0.4, 0.5) is 13.2 Å². The minimum atomic E-state index is -4.27. The average Bonchev–Trinajstić information content (AvgIpc) is 2.69. The fourth-order valence-electron chi connectivity index (χ4n) is 3.33. The van der Waals surface area contributed by atoms with Gasteiger partial charge >= 0.3 is 6.18 Å². The molecule has 0 amide bonds. The van der Waals surface area contributed by atoms with Gasteiger partial charge in [-0.2, -0.15) is 13.2 Å². The predicted octanol–water partition coefficient (Wildman–Crippen LogP) is 5.12. The third-order valence-corrected chi connectivity index (χ3v) is 4.34. The van der Waals surface area contributed by atoms with E-state index in [1.165, 1.54) is 12.1 Å². The molecule has 1 aromatic carbocycles. The molecule has 1 nitrogen and oxygen atoms in total. The molecule has 1 fully saturated rings. The first-order valence-corrected chi connectivity index (χ1v) is 7.93. The van der Waals surface area contributed by atoms with Crippen molar-refractivity contribution in [2.45, 2.75) is 63.6 Å². The number of hydrogen-bond acceptors (Lipinski definition) is 1. The number of rotatable bonds is 4. The number of nitrogens with one attached hydrogen (secondary N) is 1. The number of alkyl halides is 3. The van der Waals surface area contributed by atoms with Crippen molar-refractivity contribution in [1.82, 2.24) is 5.32 Å². The lowest BCUT2D eigenvalue weighted by atomic mass is 9.84. The van der Waals surface area contributed by atoms with Crippen LogP contribution in [0.1, 0.15) is 62.5 Å². The molecule has 1 aliphatic rings. The Bertz CT molecular complexity index is 442. The van der Waals surface area contributed by atoms with Crippen LogP contribution in [0.25, 0.3) is 0 Å². The van der Waals surface area contributed by atoms with Gasteiger partial charge in [0.05, 0.1) is 5.56 Å². The van der Waals surface area contributed by atoms with Crippen LogP contribution >= 0.6 is 0 Å². The van der Waals surface area contributed by atoms with Crippen molar-refractivity contribution in [2.75, 3.05) is 6.54 Å². The zero-order chi connectivity index (χ0) is 15.3. The zero-order valence-electron chi connectivity index (χ0n) is 12.5. The summed E-state index contributed by atoms with van der Waals surface area (Å²) in [7, 11) is 0. The maximum atomic E-state index is 13.3. The Balaban J connectivity index is 2.31. The average molecular weight is 299 g/mol. The highest BCUT2D eigenvalue weighted by Gasteiger charge is 2.36. The quantitative estimate of drug-likeness (QED) is 0.761. The molecule has 0 heterocycles. The lowest BCUT2D eigenvalue weighted by molar-refractivity contribution is -0.138. The van der Waals surface area contributed by atoms with Crippen LogP contribution < -0.4 is 5.32 Å². The molecule has 1 aromatic rings. The van der Waals surface area contributed by atoms with Gasteiger partial charge in [-0.3, -0.25) is 0 Å². The third kappa shape index (κ3) is 4.22. The maximum Gasteiger partial charge on any atom is 0.416 e. The van der Waals surface area contributed by atoms with E-state index in [0.29, 0.717) is 5.56 Å². The maximum absolute atomic E-state index is 13.3. The summed E-state index contributed by atoms with van der Waals surface area (Å²) in [6.07, 6.45) is 1.79. The van der Waals surface area contributed by atoms with E-state index in [1.807, 2.05) is 0 Å². The van der Waals surface area contributed by atoms with Crippen molar-refractivity contribution >= 4 is 0 Å². The summed E-state index contributed by atoms with van der Waals surface area (Å²) in [5, 5.41) is 3.47. The largest absolute Gasteiger partial charge is 0.416 e. The van der Waals surface area contributed by atoms with Crippen molar-refractivity contribution in [2.24, 2.45) is 0 Å². The van der Waals surface area contributed by atoms with Crippen LogP contribution in [-0.4, -0.2) is 12.6 Å². The summed E-state index contributed by atoms with van der Waals surface area (Å²) in [5.41, 5.74) is 0.0145. The van der Waals surface area contributed by atoms with Gasteiger partial charge < -0.3 is 5.32 Å². The van der Waals surface area contributed by atoms with Crippen LogP contribution in [-0.2, 0) is 6.18 Å². The van der Waals surface area contributed by atoms with E-state index in [4.69, 9.17) is 0 Å². The van der Waals surface area contributed by atoms with Gasteiger partial charge in [0.25, 0.3) is 0 Å². The van der Waals surface area contributed by atoms with Gasteiger partial charge in [-0.1, -0.05) is 44.4 Å². The summed E-state index contributed by atoms with van der Waals surface area (Å²) < 4.78 is 39.8. The molecule has 0 aliphatic heterocycles. The van der Waals surface area contributed by atoms with E-state index >= 15 is 0 Å². The lowest BCUT2D eigenvalue weighted by Gasteiger charge is -2.29. The zero-order valence-corrected chi connectivity index (χ0v) is 12.5. The summed E-state index contributed by atoms with van der Waals surface area (Å²) in [6, 6.07) is 6.26. The molecule has 1 aliphatic carbocycles. The van der Waals surface area contributed by atoms with Crippen molar-refractivity contribution in [3.05, 3.63) is 35.4 Å². The SMILES string of the molecule is CCCNC1CCCCCC1c1ccccc1C(F)(F)F. The smallest absolute Gasteiger partial charge is 0.313 e. The summed E-state index contributed by atoms with van der Waals surface area (Å²) in [6.45, 7) is 2.96. The second-order valence-electron chi connectivity index (χ2n) is 5.89. The van der Waals surface area contributed by atoms with Gasteiger partial charge in [0, 0.05) is 6.04 Å². The van der Waals surface area contributed by atoms with Gasteiger partial charge in [-0.25, -0.2) is 0 Å². The predicted molar refractivity (Wildman–Crippen MR) is 79.4 cm³/mol. The Morgan fingerprint density at radius 3 is 2.52 bits per heavy atom. The Labute approximate surface area is 124 Å². The first kappa shape index (κ1) is 16.3. The molecule has 4 heteroatoms. The molecule has 0 bridgehead atoms. The van der Waals surface area contributed by atoms with Crippen molar-refractivity contribution in [3.8, 4) is 0 Å². The van der Waals surface area contributed by atoms with Crippen molar-refractivity contribution in [1.29, 1.82) is 0 Å². The van der Waals surface area contributed by atoms with Crippen LogP contribution in [0.5, 0.6) is 0 Å². The van der Waals surface area contributed by atoms with Crippen LogP contribution in [0.3, 0.4) is 0 Å². The Morgan fingerprint density at radius 1 is 1.10 bits per heavy atom. The van der Waals surface area contributed by atoms with Crippen molar-refractivity contribution < 1.29 is 13.2 Å². The first-order chi connectivity index (χ1) is 10.0. The molecular weight excluding hydrogens is 275 g/mol. The standard InChI is InChI=1S/C17H24F3N/c1-2-12-21-16-11-5-3-4-9-14(16)13-8-6-7-10-15(13)17(18,19)20/h6-8,10,14,16,21H,2-5,9,11-12H2,1H3. The highest BCUT2D eigenvalue weighted by molar-refractivity contribution is 5.34. The van der Waals surface area contributed by atoms with E-state index < -0.39 is 11.7 Å². The lowest BCUT2D eigenvalue weighted by Crippen LogP contribution is -2.35. The molecule has 2 atom stereocenters. The Hall–Kier alpha value is -1.03. The van der Waals surface area contributed by atoms with Crippen LogP contribution in [0.15, 0.2) is 24.3 Å². The molecule has 118 valence electrons. The number of benzene rings is 1. The Morgan fingerprint density at radius 2 is 1.81 bits per heavy atom. The second kappa shape index (κ2) is 7.30. The van der Waals surface area contributed by atoms with Gasteiger partial charge in [0.15, 0.2) is 0 Å². The van der Waals surface area contributed by atoms with Gasteiger partial charge in [0.1, 0.15) is 0 Å². The highest BCUT2D eigenvalue weighted by atomic mass is 19.4. The number of halogens is 3. The van der Waals surface area contributed by atoms with Crippen LogP contribution in [0, 0.1) is 0 Å². The van der Waals surface area contributed by atoms with Crippen LogP contribution in [0.2, 0.25) is 0 Å². The van der Waals surface area contributed by atoms with E-state index in [-0.39, 0.29) is 12.0 Å². The van der Waals surface area contributed by atoms with E-state index in [2.05, 4.69) is 12.2 Å². The fraction of sp³-hybridized carbons (Fsp3) is 0.647. The molecule has 2 rings (SSSR count). The molecule has 1 N–H and O–H groups in total. The molecular formula is C17H24F3N. The van der Waals surface area contributed by atoms with E-state index in [9.17, 15) is 13.2 Å². The fourth-order valence-corrected chi connectivity index (χ4v) is 3.33. The minimum absolute atomic E-state index is 0.0307. The molecule has 1 saturated carbocycles. The van der Waals surface area contributed by atoms with Crippen molar-refractivity contribution in [3.63, 3.8) is 0 Å². The van der Waals surface area contributed by atoms with E-state index in [1.54, 1.807) is 12.1 Å². The van der Waals surface area contributed by atoms with Gasteiger partial charge in [-0.15, -0.1) is 0 Å². The van der Waals surface area contributed by atoms with Gasteiger partial charge in [0.2, 0.25) is 0 Å². The molecule has 2 unspecified atom stereocenters. The summed E-state index contributed by atoms with van der Waals surface area (Å²) >= 11 is 0. The molecule has 0 aromatic heterocycles. The molecule has 0 radical (unpaired) electrons. The molecule has 21 heavy (non-hydrogen) atoms. The monoisotopic (exact) mass is 299 g/mol. The van der Waals surface area contributed by atoms with Gasteiger partial charge in [-0.05, 0) is 43.4 Å². The second-order valence-corrected chi connectivity index (χ2v) is 5.89. The number of hydrogen-bond donors (Lipinski definition) is 1. The Kier molecular flexibility index (Phi) is 5.68. The molecule has 0 spiro atoms. The molecule has 0 saturated heterocycles. The highest BCUT2D eigenvalue weighted by Crippen LogP contribution is 2.40.